The molecule has 4 rings (SSSR count). The molecule has 1 N–H and O–H groups in total. The molecule has 0 atom stereocenters. The largest absolute Gasteiger partial charge is 0.481 e. The zero-order valence-corrected chi connectivity index (χ0v) is 13.4. The van der Waals surface area contributed by atoms with Crippen molar-refractivity contribution >= 4 is 28.6 Å². The maximum atomic E-state index is 11.1. The third-order valence-electron chi connectivity index (χ3n) is 4.42. The first kappa shape index (κ1) is 14.3. The zero-order valence-electron chi connectivity index (χ0n) is 12.6. The molecule has 0 aromatic carbocycles. The summed E-state index contributed by atoms with van der Waals surface area (Å²) in [6.07, 6.45) is 5.55. The zero-order chi connectivity index (χ0) is 15.8. The lowest BCUT2D eigenvalue weighted by atomic mass is 9.97. The highest BCUT2D eigenvalue weighted by Gasteiger charge is 2.24. The molecule has 1 aliphatic rings. The van der Waals surface area contributed by atoms with E-state index in [1.807, 2.05) is 16.5 Å². The summed E-state index contributed by atoms with van der Waals surface area (Å²) in [5.41, 5.74) is 3.04. The van der Waals surface area contributed by atoms with Gasteiger partial charge in [0.25, 0.3) is 0 Å². The molecule has 0 spiro atoms. The number of carboxylic acid groups (broad SMARTS) is 1. The van der Waals surface area contributed by atoms with Crippen molar-refractivity contribution in [3.63, 3.8) is 0 Å². The molecule has 0 aliphatic carbocycles. The van der Waals surface area contributed by atoms with Gasteiger partial charge in [0.15, 0.2) is 0 Å². The van der Waals surface area contributed by atoms with Gasteiger partial charge < -0.3 is 14.4 Å². The van der Waals surface area contributed by atoms with Crippen LogP contribution in [0, 0.1) is 5.92 Å². The smallest absolute Gasteiger partial charge is 0.306 e. The minimum atomic E-state index is -0.671. The second kappa shape index (κ2) is 5.70. The van der Waals surface area contributed by atoms with Crippen molar-refractivity contribution in [2.75, 3.05) is 18.0 Å². The molecule has 118 valence electrons. The second-order valence-corrected chi connectivity index (χ2v) is 6.80. The molecule has 1 aliphatic heterocycles. The average molecular weight is 327 g/mol. The number of fused-ring (bicyclic) bond motifs is 1. The van der Waals surface area contributed by atoms with Crippen molar-refractivity contribution < 1.29 is 9.90 Å². The van der Waals surface area contributed by atoms with Gasteiger partial charge in [-0.3, -0.25) is 4.79 Å². The number of carboxylic acids is 1. The van der Waals surface area contributed by atoms with E-state index in [9.17, 15) is 4.79 Å². The van der Waals surface area contributed by atoms with Gasteiger partial charge in [0.2, 0.25) is 0 Å². The summed E-state index contributed by atoms with van der Waals surface area (Å²) in [5, 5.41) is 11.2. The Morgan fingerprint density at radius 1 is 1.22 bits per heavy atom. The van der Waals surface area contributed by atoms with E-state index in [2.05, 4.69) is 39.8 Å². The Kier molecular flexibility index (Phi) is 3.53. The van der Waals surface area contributed by atoms with Crippen LogP contribution >= 0.6 is 11.3 Å². The molecule has 0 unspecified atom stereocenters. The van der Waals surface area contributed by atoms with Crippen LogP contribution in [0.3, 0.4) is 0 Å². The standard InChI is InChI=1S/C17H17N3O2S/c21-17(22)12-5-7-19(8-6-12)13-3-4-16-18-14(11-20(16)10-13)15-2-1-9-23-15/h1-4,9-12H,5-8H2,(H,21,22). The fourth-order valence-corrected chi connectivity index (χ4v) is 3.77. The summed E-state index contributed by atoms with van der Waals surface area (Å²) >= 11 is 1.68. The summed E-state index contributed by atoms with van der Waals surface area (Å²) in [5.74, 6) is -0.871. The number of aliphatic carboxylic acids is 1. The first-order valence-electron chi connectivity index (χ1n) is 7.71. The monoisotopic (exact) mass is 327 g/mol. The van der Waals surface area contributed by atoms with Crippen molar-refractivity contribution in [2.24, 2.45) is 5.92 Å². The fourth-order valence-electron chi connectivity index (χ4n) is 3.09. The van der Waals surface area contributed by atoms with E-state index in [1.165, 1.54) is 0 Å². The van der Waals surface area contributed by atoms with Gasteiger partial charge in [0, 0.05) is 25.5 Å². The number of hydrogen-bond acceptors (Lipinski definition) is 4. The number of imidazole rings is 1. The Bertz CT molecular complexity index is 833. The molecule has 0 amide bonds. The van der Waals surface area contributed by atoms with E-state index >= 15 is 0 Å². The first-order chi connectivity index (χ1) is 11.2. The van der Waals surface area contributed by atoms with Crippen molar-refractivity contribution in [1.29, 1.82) is 0 Å². The molecule has 0 bridgehead atoms. The summed E-state index contributed by atoms with van der Waals surface area (Å²) in [6.45, 7) is 1.57. The normalized spacial score (nSPS) is 16.1. The van der Waals surface area contributed by atoms with Gasteiger partial charge in [-0.2, -0.15) is 0 Å². The molecule has 0 saturated carbocycles. The molecule has 0 radical (unpaired) electrons. The van der Waals surface area contributed by atoms with Crippen LogP contribution in [0.4, 0.5) is 5.69 Å². The van der Waals surface area contributed by atoms with Crippen LogP contribution in [0.15, 0.2) is 42.0 Å². The van der Waals surface area contributed by atoms with E-state index in [0.717, 1.165) is 35.0 Å². The number of hydrogen-bond donors (Lipinski definition) is 1. The molecule has 5 nitrogen and oxygen atoms in total. The third kappa shape index (κ3) is 2.70. The van der Waals surface area contributed by atoms with E-state index in [-0.39, 0.29) is 5.92 Å². The summed E-state index contributed by atoms with van der Waals surface area (Å²) < 4.78 is 2.05. The summed E-state index contributed by atoms with van der Waals surface area (Å²) in [7, 11) is 0. The van der Waals surface area contributed by atoms with Gasteiger partial charge in [-0.1, -0.05) is 6.07 Å². The number of thiophene rings is 1. The Hall–Kier alpha value is -2.34. The molecular weight excluding hydrogens is 310 g/mol. The van der Waals surface area contributed by atoms with Crippen LogP contribution in [0.1, 0.15) is 12.8 Å². The lowest BCUT2D eigenvalue weighted by Crippen LogP contribution is -2.36. The minimum absolute atomic E-state index is 0.200. The van der Waals surface area contributed by atoms with E-state index < -0.39 is 5.97 Å². The maximum absolute atomic E-state index is 11.1. The van der Waals surface area contributed by atoms with Crippen LogP contribution in [0.2, 0.25) is 0 Å². The molecule has 23 heavy (non-hydrogen) atoms. The van der Waals surface area contributed by atoms with Gasteiger partial charge >= 0.3 is 5.97 Å². The third-order valence-corrected chi connectivity index (χ3v) is 5.31. The van der Waals surface area contributed by atoms with Gasteiger partial charge in [0.05, 0.1) is 22.2 Å². The highest BCUT2D eigenvalue weighted by Crippen LogP contribution is 2.27. The van der Waals surface area contributed by atoms with Crippen molar-refractivity contribution in [3.05, 3.63) is 42.0 Å². The molecule has 4 heterocycles. The number of piperidine rings is 1. The van der Waals surface area contributed by atoms with Gasteiger partial charge in [-0.05, 0) is 36.4 Å². The quantitative estimate of drug-likeness (QED) is 0.801. The minimum Gasteiger partial charge on any atom is -0.481 e. The number of nitrogens with zero attached hydrogens (tertiary/aromatic N) is 3. The van der Waals surface area contributed by atoms with Crippen LogP contribution < -0.4 is 4.90 Å². The van der Waals surface area contributed by atoms with Crippen LogP contribution in [-0.4, -0.2) is 33.6 Å². The average Bonchev–Trinajstić information content (AvgIpc) is 3.23. The number of rotatable bonds is 3. The predicted molar refractivity (Wildman–Crippen MR) is 91.1 cm³/mol. The number of anilines is 1. The Morgan fingerprint density at radius 3 is 2.74 bits per heavy atom. The van der Waals surface area contributed by atoms with Crippen molar-refractivity contribution in [2.45, 2.75) is 12.8 Å². The molecule has 3 aromatic heterocycles. The van der Waals surface area contributed by atoms with E-state index in [0.29, 0.717) is 12.8 Å². The molecule has 1 fully saturated rings. The number of pyridine rings is 1. The maximum Gasteiger partial charge on any atom is 0.306 e. The first-order valence-corrected chi connectivity index (χ1v) is 8.59. The lowest BCUT2D eigenvalue weighted by Gasteiger charge is -2.31. The van der Waals surface area contributed by atoms with Crippen molar-refractivity contribution in [1.82, 2.24) is 9.38 Å². The van der Waals surface area contributed by atoms with E-state index in [4.69, 9.17) is 5.11 Å². The highest BCUT2D eigenvalue weighted by molar-refractivity contribution is 7.13. The Labute approximate surface area is 137 Å². The van der Waals surface area contributed by atoms with Crippen LogP contribution in [0.25, 0.3) is 16.2 Å². The van der Waals surface area contributed by atoms with Crippen LogP contribution in [-0.2, 0) is 4.79 Å². The number of aromatic nitrogens is 2. The second-order valence-electron chi connectivity index (χ2n) is 5.86. The Morgan fingerprint density at radius 2 is 2.04 bits per heavy atom. The molecule has 1 saturated heterocycles. The van der Waals surface area contributed by atoms with Crippen molar-refractivity contribution in [3.8, 4) is 10.6 Å². The molecule has 3 aromatic rings. The lowest BCUT2D eigenvalue weighted by molar-refractivity contribution is -0.142. The topological polar surface area (TPSA) is 57.8 Å². The molecular formula is C17H17N3O2S. The highest BCUT2D eigenvalue weighted by atomic mass is 32.1. The summed E-state index contributed by atoms with van der Waals surface area (Å²) in [6, 6.07) is 8.20. The van der Waals surface area contributed by atoms with Gasteiger partial charge in [-0.15, -0.1) is 11.3 Å². The molecule has 6 heteroatoms. The van der Waals surface area contributed by atoms with Gasteiger partial charge in [-0.25, -0.2) is 4.98 Å². The fraction of sp³-hybridized carbons (Fsp3) is 0.294. The van der Waals surface area contributed by atoms with Crippen LogP contribution in [0.5, 0.6) is 0 Å². The predicted octanol–water partition coefficient (Wildman–Crippen LogP) is 3.36. The van der Waals surface area contributed by atoms with Gasteiger partial charge in [0.1, 0.15) is 5.65 Å². The summed E-state index contributed by atoms with van der Waals surface area (Å²) in [4.78, 5) is 19.1. The van der Waals surface area contributed by atoms with E-state index in [1.54, 1.807) is 11.3 Å². The Balaban J connectivity index is 1.58. The number of carbonyl (C=O) groups is 1. The SMILES string of the molecule is O=C(O)C1CCN(c2ccc3nc(-c4cccs4)cn3c2)CC1.